The third-order valence-corrected chi connectivity index (χ3v) is 5.39. The minimum Gasteiger partial charge on any atom is -0.385 e. The van der Waals surface area contributed by atoms with Gasteiger partial charge in [0.25, 0.3) is 0 Å². The summed E-state index contributed by atoms with van der Waals surface area (Å²) in [5, 5.41) is 11.1. The van der Waals surface area contributed by atoms with Gasteiger partial charge in [-0.2, -0.15) is 0 Å². The fourth-order valence-electron chi connectivity index (χ4n) is 4.20. The molecule has 1 saturated carbocycles. The number of nitrogens with zero attached hydrogens (tertiary/aromatic N) is 1. The van der Waals surface area contributed by atoms with Crippen molar-refractivity contribution in [2.45, 2.75) is 56.2 Å². The third-order valence-electron chi connectivity index (χ3n) is 5.39. The summed E-state index contributed by atoms with van der Waals surface area (Å²) in [6.07, 6.45) is 7.29. The molecule has 0 spiro atoms. The Morgan fingerprint density at radius 3 is 2.21 bits per heavy atom. The maximum absolute atomic E-state index is 11.1. The Balaban J connectivity index is 1.56. The summed E-state index contributed by atoms with van der Waals surface area (Å²) in [5.74, 6) is 0.964. The van der Waals surface area contributed by atoms with E-state index in [1.807, 2.05) is 18.2 Å². The maximum atomic E-state index is 11.1. The van der Waals surface area contributed by atoms with Crippen LogP contribution in [-0.4, -0.2) is 28.6 Å². The van der Waals surface area contributed by atoms with Gasteiger partial charge in [-0.3, -0.25) is 4.90 Å². The molecule has 2 nitrogen and oxygen atoms in total. The normalized spacial score (nSPS) is 38.6. The highest BCUT2D eigenvalue weighted by atomic mass is 16.3. The van der Waals surface area contributed by atoms with Crippen molar-refractivity contribution in [3.05, 3.63) is 35.9 Å². The molecule has 0 aromatic heterocycles. The summed E-state index contributed by atoms with van der Waals surface area (Å²) in [4.78, 5) is 2.72. The number of hydrogen-bond acceptors (Lipinski definition) is 2. The van der Waals surface area contributed by atoms with E-state index in [2.05, 4.69) is 17.0 Å². The summed E-state index contributed by atoms with van der Waals surface area (Å²) in [7, 11) is 0. The van der Waals surface area contributed by atoms with Crippen LogP contribution < -0.4 is 0 Å². The van der Waals surface area contributed by atoms with E-state index < -0.39 is 5.60 Å². The lowest BCUT2D eigenvalue weighted by Gasteiger charge is -2.44. The molecule has 2 aliphatic heterocycles. The van der Waals surface area contributed by atoms with Gasteiger partial charge in [-0.15, -0.1) is 0 Å². The predicted octanol–water partition coefficient (Wildman–Crippen LogP) is 2.91. The topological polar surface area (TPSA) is 23.5 Å². The Hall–Kier alpha value is -0.860. The van der Waals surface area contributed by atoms with Crippen LogP contribution in [-0.2, 0) is 5.60 Å². The van der Waals surface area contributed by atoms with Crippen molar-refractivity contribution in [2.24, 2.45) is 5.92 Å². The van der Waals surface area contributed by atoms with Crippen molar-refractivity contribution < 1.29 is 5.11 Å². The summed E-state index contributed by atoms with van der Waals surface area (Å²) < 4.78 is 0. The zero-order chi connectivity index (χ0) is 12.9. The minimum atomic E-state index is -0.576. The molecule has 2 bridgehead atoms. The van der Waals surface area contributed by atoms with Gasteiger partial charge >= 0.3 is 0 Å². The minimum absolute atomic E-state index is 0.576. The van der Waals surface area contributed by atoms with Crippen molar-refractivity contribution in [1.29, 1.82) is 0 Å². The number of aliphatic hydroxyl groups is 1. The van der Waals surface area contributed by atoms with Gasteiger partial charge in [0.05, 0.1) is 5.60 Å². The van der Waals surface area contributed by atoms with E-state index in [1.165, 1.54) is 32.2 Å². The largest absolute Gasteiger partial charge is 0.385 e. The molecule has 0 radical (unpaired) electrons. The van der Waals surface area contributed by atoms with E-state index in [1.54, 1.807) is 0 Å². The quantitative estimate of drug-likeness (QED) is 0.900. The molecular formula is C17H23NO. The first-order valence-corrected chi connectivity index (χ1v) is 7.78. The molecule has 2 atom stereocenters. The molecule has 19 heavy (non-hydrogen) atoms. The number of hydrogen-bond donors (Lipinski definition) is 1. The highest BCUT2D eigenvalue weighted by Gasteiger charge is 2.48. The summed E-state index contributed by atoms with van der Waals surface area (Å²) in [6, 6.07) is 11.5. The van der Waals surface area contributed by atoms with E-state index >= 15 is 0 Å². The van der Waals surface area contributed by atoms with Gasteiger partial charge in [0, 0.05) is 18.6 Å². The molecule has 4 rings (SSSR count). The molecular weight excluding hydrogens is 234 g/mol. The molecule has 1 aromatic rings. The van der Waals surface area contributed by atoms with Gasteiger partial charge < -0.3 is 5.11 Å². The van der Waals surface area contributed by atoms with E-state index in [-0.39, 0.29) is 0 Å². The second kappa shape index (κ2) is 4.32. The fraction of sp³-hybridized carbons (Fsp3) is 0.647. The molecule has 1 aromatic carbocycles. The lowest BCUT2D eigenvalue weighted by Crippen LogP contribution is -2.50. The molecule has 3 aliphatic rings. The van der Waals surface area contributed by atoms with Crippen molar-refractivity contribution in [3.63, 3.8) is 0 Å². The Morgan fingerprint density at radius 1 is 1.00 bits per heavy atom. The summed E-state index contributed by atoms with van der Waals surface area (Å²) in [5.41, 5.74) is 0.547. The molecule has 0 amide bonds. The van der Waals surface area contributed by atoms with Gasteiger partial charge in [-0.25, -0.2) is 0 Å². The highest BCUT2D eigenvalue weighted by molar-refractivity contribution is 5.25. The van der Waals surface area contributed by atoms with E-state index in [9.17, 15) is 5.11 Å². The predicted molar refractivity (Wildman–Crippen MR) is 75.8 cm³/mol. The lowest BCUT2D eigenvalue weighted by atomic mass is 9.80. The highest BCUT2D eigenvalue weighted by Crippen LogP contribution is 2.47. The molecule has 2 heteroatoms. The number of rotatable bonds is 3. The van der Waals surface area contributed by atoms with Crippen LogP contribution in [0.3, 0.4) is 0 Å². The smallest absolute Gasteiger partial charge is 0.0926 e. The monoisotopic (exact) mass is 257 g/mol. The van der Waals surface area contributed by atoms with Gasteiger partial charge in [0.15, 0.2) is 0 Å². The van der Waals surface area contributed by atoms with Crippen LogP contribution >= 0.6 is 0 Å². The fourth-order valence-corrected chi connectivity index (χ4v) is 4.20. The Labute approximate surface area is 115 Å². The molecule has 1 N–H and O–H groups in total. The van der Waals surface area contributed by atoms with Crippen molar-refractivity contribution >= 4 is 0 Å². The first kappa shape index (κ1) is 11.9. The molecule has 1 aliphatic carbocycles. The standard InChI is InChI=1S/C17H23NO/c19-17(14-4-2-1-3-5-14)10-15-8-9-16(11-17)18(15)12-13-6-7-13/h1-5,13,15-16,19H,6-12H2/t15-,16-/m1/s1. The Kier molecular flexibility index (Phi) is 2.71. The zero-order valence-electron chi connectivity index (χ0n) is 11.5. The zero-order valence-corrected chi connectivity index (χ0v) is 11.5. The summed E-state index contributed by atoms with van der Waals surface area (Å²) >= 11 is 0. The van der Waals surface area contributed by atoms with Gasteiger partial charge in [0.1, 0.15) is 0 Å². The average Bonchev–Trinajstić information content (AvgIpc) is 3.20. The van der Waals surface area contributed by atoms with Crippen LogP contribution in [0.15, 0.2) is 30.3 Å². The number of benzene rings is 1. The number of fused-ring (bicyclic) bond motifs is 2. The van der Waals surface area contributed by atoms with E-state index in [4.69, 9.17) is 0 Å². The van der Waals surface area contributed by atoms with Crippen LogP contribution in [0.1, 0.15) is 44.1 Å². The molecule has 2 heterocycles. The number of piperidine rings is 1. The van der Waals surface area contributed by atoms with Crippen molar-refractivity contribution in [1.82, 2.24) is 4.90 Å². The van der Waals surface area contributed by atoms with Crippen molar-refractivity contribution in [3.8, 4) is 0 Å². The van der Waals surface area contributed by atoms with Gasteiger partial charge in [-0.1, -0.05) is 30.3 Å². The van der Waals surface area contributed by atoms with E-state index in [0.717, 1.165) is 24.3 Å². The van der Waals surface area contributed by atoms with E-state index in [0.29, 0.717) is 12.1 Å². The van der Waals surface area contributed by atoms with Crippen LogP contribution in [0.4, 0.5) is 0 Å². The van der Waals surface area contributed by atoms with Gasteiger partial charge in [0.2, 0.25) is 0 Å². The lowest BCUT2D eigenvalue weighted by molar-refractivity contribution is -0.0580. The molecule has 0 unspecified atom stereocenters. The first-order chi connectivity index (χ1) is 9.24. The summed E-state index contributed by atoms with van der Waals surface area (Å²) in [6.45, 7) is 1.29. The Morgan fingerprint density at radius 2 is 1.63 bits per heavy atom. The Bertz CT molecular complexity index is 440. The van der Waals surface area contributed by atoms with Crippen molar-refractivity contribution in [2.75, 3.05) is 6.54 Å². The van der Waals surface area contributed by atoms with Gasteiger partial charge in [-0.05, 0) is 50.0 Å². The average molecular weight is 257 g/mol. The van der Waals surface area contributed by atoms with Crippen LogP contribution in [0.2, 0.25) is 0 Å². The van der Waals surface area contributed by atoms with Crippen LogP contribution in [0, 0.1) is 5.92 Å². The van der Waals surface area contributed by atoms with Crippen LogP contribution in [0.25, 0.3) is 0 Å². The maximum Gasteiger partial charge on any atom is 0.0926 e. The molecule has 3 fully saturated rings. The molecule has 2 saturated heterocycles. The SMILES string of the molecule is OC1(c2ccccc2)C[C@H]2CC[C@H](C1)N2CC1CC1. The first-order valence-electron chi connectivity index (χ1n) is 7.78. The van der Waals surface area contributed by atoms with Crippen LogP contribution in [0.5, 0.6) is 0 Å². The second-order valence-electron chi connectivity index (χ2n) is 6.83. The molecule has 102 valence electrons. The third kappa shape index (κ3) is 2.11. The second-order valence-corrected chi connectivity index (χ2v) is 6.83.